The monoisotopic (exact) mass is 234 g/mol. The number of hydrogen-bond donors (Lipinski definition) is 2. The van der Waals surface area contributed by atoms with E-state index in [4.69, 9.17) is 5.73 Å². The summed E-state index contributed by atoms with van der Waals surface area (Å²) in [6.07, 6.45) is 1.48. The lowest BCUT2D eigenvalue weighted by Gasteiger charge is -2.14. The molecular weight excluding hydrogens is 220 g/mol. The molecule has 0 spiro atoms. The van der Waals surface area contributed by atoms with Crippen molar-refractivity contribution in [1.29, 1.82) is 0 Å². The molecule has 1 unspecified atom stereocenters. The standard InChI is InChI=1S/C11H14N4S/c1-7-10(12)13-6-14-11(7)15-8(2)9-4-3-5-16-9/h3-6,8H,1-2H3,(H3,12,13,14,15). The number of hydrogen-bond acceptors (Lipinski definition) is 5. The van der Waals surface area contributed by atoms with Gasteiger partial charge in [0.25, 0.3) is 0 Å². The van der Waals surface area contributed by atoms with E-state index in [2.05, 4.69) is 33.7 Å². The Morgan fingerprint density at radius 1 is 1.44 bits per heavy atom. The largest absolute Gasteiger partial charge is 0.383 e. The van der Waals surface area contributed by atoms with Gasteiger partial charge in [0.05, 0.1) is 6.04 Å². The van der Waals surface area contributed by atoms with Gasteiger partial charge in [-0.15, -0.1) is 11.3 Å². The van der Waals surface area contributed by atoms with E-state index in [-0.39, 0.29) is 6.04 Å². The third kappa shape index (κ3) is 2.14. The molecule has 1 atom stereocenters. The minimum atomic E-state index is 0.230. The fourth-order valence-corrected chi connectivity index (χ4v) is 2.16. The van der Waals surface area contributed by atoms with Crippen LogP contribution in [0.4, 0.5) is 11.6 Å². The van der Waals surface area contributed by atoms with E-state index >= 15 is 0 Å². The van der Waals surface area contributed by atoms with E-state index in [9.17, 15) is 0 Å². The number of nitrogens with two attached hydrogens (primary N) is 1. The van der Waals surface area contributed by atoms with Crippen LogP contribution >= 0.6 is 11.3 Å². The van der Waals surface area contributed by atoms with Gasteiger partial charge in [0.1, 0.15) is 18.0 Å². The number of aromatic nitrogens is 2. The van der Waals surface area contributed by atoms with Crippen molar-refractivity contribution in [3.63, 3.8) is 0 Å². The summed E-state index contributed by atoms with van der Waals surface area (Å²) in [4.78, 5) is 9.40. The first-order valence-corrected chi connectivity index (χ1v) is 5.93. The van der Waals surface area contributed by atoms with Crippen LogP contribution in [0.1, 0.15) is 23.4 Å². The second-order valence-electron chi connectivity index (χ2n) is 3.61. The molecular formula is C11H14N4S. The summed E-state index contributed by atoms with van der Waals surface area (Å²) >= 11 is 1.72. The molecule has 84 valence electrons. The van der Waals surface area contributed by atoms with Crippen molar-refractivity contribution in [2.45, 2.75) is 19.9 Å². The van der Waals surface area contributed by atoms with Crippen LogP contribution in [0.2, 0.25) is 0 Å². The maximum Gasteiger partial charge on any atom is 0.134 e. The highest BCUT2D eigenvalue weighted by atomic mass is 32.1. The lowest BCUT2D eigenvalue weighted by Crippen LogP contribution is -2.09. The fraction of sp³-hybridized carbons (Fsp3) is 0.273. The normalized spacial score (nSPS) is 12.4. The zero-order valence-corrected chi connectivity index (χ0v) is 10.1. The van der Waals surface area contributed by atoms with E-state index in [1.807, 2.05) is 13.0 Å². The zero-order valence-electron chi connectivity index (χ0n) is 9.27. The summed E-state index contributed by atoms with van der Waals surface area (Å²) in [7, 11) is 0. The minimum absolute atomic E-state index is 0.230. The Kier molecular flexibility index (Phi) is 3.05. The van der Waals surface area contributed by atoms with Crippen molar-refractivity contribution in [2.24, 2.45) is 0 Å². The Morgan fingerprint density at radius 3 is 2.94 bits per heavy atom. The lowest BCUT2D eigenvalue weighted by atomic mass is 10.2. The highest BCUT2D eigenvalue weighted by Crippen LogP contribution is 2.24. The van der Waals surface area contributed by atoms with Crippen molar-refractivity contribution >= 4 is 23.0 Å². The molecule has 0 saturated carbocycles. The first kappa shape index (κ1) is 10.9. The Balaban J connectivity index is 2.18. The fourth-order valence-electron chi connectivity index (χ4n) is 1.42. The van der Waals surface area contributed by atoms with E-state index < -0.39 is 0 Å². The molecule has 0 bridgehead atoms. The highest BCUT2D eigenvalue weighted by molar-refractivity contribution is 7.10. The first-order valence-electron chi connectivity index (χ1n) is 5.05. The summed E-state index contributed by atoms with van der Waals surface area (Å²) < 4.78 is 0. The van der Waals surface area contributed by atoms with Gasteiger partial charge in [-0.25, -0.2) is 9.97 Å². The Labute approximate surface area is 98.6 Å². The van der Waals surface area contributed by atoms with E-state index in [0.29, 0.717) is 5.82 Å². The summed E-state index contributed by atoms with van der Waals surface area (Å²) in [6, 6.07) is 4.37. The first-order chi connectivity index (χ1) is 7.68. The van der Waals surface area contributed by atoms with Crippen molar-refractivity contribution in [1.82, 2.24) is 9.97 Å². The number of nitrogens with one attached hydrogen (secondary N) is 1. The predicted octanol–water partition coefficient (Wildman–Crippen LogP) is 2.60. The van der Waals surface area contributed by atoms with Crippen LogP contribution in [0.3, 0.4) is 0 Å². The lowest BCUT2D eigenvalue weighted by molar-refractivity contribution is 0.889. The van der Waals surface area contributed by atoms with Crippen LogP contribution in [0.25, 0.3) is 0 Å². The van der Waals surface area contributed by atoms with E-state index in [1.165, 1.54) is 11.2 Å². The molecule has 4 nitrogen and oxygen atoms in total. The average molecular weight is 234 g/mol. The molecule has 2 heterocycles. The Morgan fingerprint density at radius 2 is 2.25 bits per heavy atom. The smallest absolute Gasteiger partial charge is 0.134 e. The van der Waals surface area contributed by atoms with Crippen molar-refractivity contribution < 1.29 is 0 Å². The second kappa shape index (κ2) is 4.49. The van der Waals surface area contributed by atoms with Crippen LogP contribution in [0.15, 0.2) is 23.8 Å². The van der Waals surface area contributed by atoms with Gasteiger partial charge in [0.15, 0.2) is 0 Å². The van der Waals surface area contributed by atoms with Crippen LogP contribution in [0, 0.1) is 6.92 Å². The van der Waals surface area contributed by atoms with Crippen molar-refractivity contribution in [3.8, 4) is 0 Å². The number of thiophene rings is 1. The zero-order chi connectivity index (χ0) is 11.5. The SMILES string of the molecule is Cc1c(N)ncnc1NC(C)c1cccs1. The molecule has 2 aromatic heterocycles. The van der Waals surface area contributed by atoms with Gasteiger partial charge < -0.3 is 11.1 Å². The Bertz CT molecular complexity index is 467. The van der Waals surface area contributed by atoms with Crippen molar-refractivity contribution in [2.75, 3.05) is 11.1 Å². The number of nitrogens with zero attached hydrogens (tertiary/aromatic N) is 2. The summed E-state index contributed by atoms with van der Waals surface area (Å²) in [5.41, 5.74) is 6.62. The third-order valence-electron chi connectivity index (χ3n) is 2.45. The summed E-state index contributed by atoms with van der Waals surface area (Å²) in [5.74, 6) is 1.32. The highest BCUT2D eigenvalue weighted by Gasteiger charge is 2.10. The van der Waals surface area contributed by atoms with E-state index in [1.54, 1.807) is 11.3 Å². The maximum absolute atomic E-state index is 5.73. The summed E-state index contributed by atoms with van der Waals surface area (Å²) in [5, 5.41) is 5.40. The molecule has 0 aromatic carbocycles. The quantitative estimate of drug-likeness (QED) is 0.856. The van der Waals surface area contributed by atoms with Gasteiger partial charge in [0.2, 0.25) is 0 Å². The average Bonchev–Trinajstić information content (AvgIpc) is 2.78. The molecule has 3 N–H and O–H groups in total. The number of rotatable bonds is 3. The molecule has 0 amide bonds. The predicted molar refractivity (Wildman–Crippen MR) is 67.5 cm³/mol. The number of anilines is 2. The molecule has 0 aliphatic rings. The molecule has 5 heteroatoms. The van der Waals surface area contributed by atoms with Gasteiger partial charge in [-0.1, -0.05) is 6.07 Å². The van der Waals surface area contributed by atoms with Crippen molar-refractivity contribution in [3.05, 3.63) is 34.3 Å². The van der Waals surface area contributed by atoms with Crippen LogP contribution in [0.5, 0.6) is 0 Å². The topological polar surface area (TPSA) is 63.8 Å². The molecule has 0 saturated heterocycles. The van der Waals surface area contributed by atoms with Gasteiger partial charge in [-0.05, 0) is 25.3 Å². The molecule has 0 aliphatic heterocycles. The van der Waals surface area contributed by atoms with Crippen LogP contribution in [-0.2, 0) is 0 Å². The van der Waals surface area contributed by atoms with Gasteiger partial charge in [0, 0.05) is 10.4 Å². The molecule has 2 rings (SSSR count). The van der Waals surface area contributed by atoms with Gasteiger partial charge in [-0.3, -0.25) is 0 Å². The molecule has 0 radical (unpaired) electrons. The van der Waals surface area contributed by atoms with E-state index in [0.717, 1.165) is 11.4 Å². The molecule has 0 fully saturated rings. The van der Waals surface area contributed by atoms with Crippen LogP contribution < -0.4 is 11.1 Å². The number of nitrogen functional groups attached to an aromatic ring is 1. The van der Waals surface area contributed by atoms with Gasteiger partial charge in [-0.2, -0.15) is 0 Å². The van der Waals surface area contributed by atoms with Gasteiger partial charge >= 0.3 is 0 Å². The molecule has 16 heavy (non-hydrogen) atoms. The Hall–Kier alpha value is -1.62. The molecule has 2 aromatic rings. The minimum Gasteiger partial charge on any atom is -0.383 e. The maximum atomic E-state index is 5.73. The molecule has 0 aliphatic carbocycles. The third-order valence-corrected chi connectivity index (χ3v) is 3.50. The second-order valence-corrected chi connectivity index (χ2v) is 4.59. The summed E-state index contributed by atoms with van der Waals surface area (Å²) in [6.45, 7) is 4.02. The van der Waals surface area contributed by atoms with Crippen LogP contribution in [-0.4, -0.2) is 9.97 Å².